The van der Waals surface area contributed by atoms with Gasteiger partial charge in [0.1, 0.15) is 0 Å². The molecule has 0 radical (unpaired) electrons. The van der Waals surface area contributed by atoms with Crippen LogP contribution >= 0.6 is 0 Å². The Morgan fingerprint density at radius 3 is 2.59 bits per heavy atom. The largest absolute Gasteiger partial charge is 0.392 e. The monoisotopic (exact) mass is 236 g/mol. The van der Waals surface area contributed by atoms with Crippen LogP contribution in [-0.4, -0.2) is 22.4 Å². The second-order valence-electron chi connectivity index (χ2n) is 6.12. The second-order valence-corrected chi connectivity index (χ2v) is 6.12. The lowest BCUT2D eigenvalue weighted by Gasteiger charge is -2.47. The lowest BCUT2D eigenvalue weighted by Crippen LogP contribution is -2.45. The molecule has 1 saturated carbocycles. The molecule has 2 nitrogen and oxygen atoms in total. The van der Waals surface area contributed by atoms with Crippen molar-refractivity contribution in [3.8, 4) is 0 Å². The fourth-order valence-electron chi connectivity index (χ4n) is 3.60. The van der Waals surface area contributed by atoms with Crippen LogP contribution in [-0.2, 0) is 0 Å². The number of hydrogen-bond donors (Lipinski definition) is 2. The Bertz CT molecular complexity index is 343. The van der Waals surface area contributed by atoms with Gasteiger partial charge in [-0.15, -0.1) is 0 Å². The molecule has 5 atom stereocenters. The van der Waals surface area contributed by atoms with Crippen molar-refractivity contribution in [1.29, 1.82) is 0 Å². The van der Waals surface area contributed by atoms with Crippen LogP contribution in [0, 0.1) is 23.7 Å². The number of aliphatic hydroxyl groups is 2. The number of hydrogen-bond acceptors (Lipinski definition) is 2. The zero-order chi connectivity index (χ0) is 12.7. The first-order valence-corrected chi connectivity index (χ1v) is 6.64. The lowest BCUT2D eigenvalue weighted by atomic mass is 9.60. The van der Waals surface area contributed by atoms with Gasteiger partial charge in [0.15, 0.2) is 0 Å². The smallest absolute Gasteiger partial charge is 0.0754 e. The van der Waals surface area contributed by atoms with E-state index in [2.05, 4.69) is 33.4 Å². The van der Waals surface area contributed by atoms with Gasteiger partial charge in [-0.3, -0.25) is 0 Å². The molecular weight excluding hydrogens is 212 g/mol. The summed E-state index contributed by atoms with van der Waals surface area (Å²) in [6, 6.07) is 0. The Morgan fingerprint density at radius 2 is 2.00 bits per heavy atom. The maximum Gasteiger partial charge on any atom is 0.0754 e. The van der Waals surface area contributed by atoms with Gasteiger partial charge < -0.3 is 10.2 Å². The van der Waals surface area contributed by atoms with Crippen LogP contribution in [0.5, 0.6) is 0 Å². The van der Waals surface area contributed by atoms with Gasteiger partial charge in [0, 0.05) is 5.92 Å². The van der Waals surface area contributed by atoms with Crippen molar-refractivity contribution in [1.82, 2.24) is 0 Å². The standard InChI is InChI=1S/C15H24O2/c1-8(2)11-7-13(16)10(4)15-12(11)5-9(3)6-14(15)17/h5,8,11-17H,4,6-7H2,1-3H3/t11-,12-,13+,14-,15-/m1/s1. The van der Waals surface area contributed by atoms with Crippen molar-refractivity contribution in [2.45, 2.75) is 45.8 Å². The second kappa shape index (κ2) is 4.58. The average molecular weight is 236 g/mol. The Kier molecular flexibility index (Phi) is 3.46. The van der Waals surface area contributed by atoms with Crippen molar-refractivity contribution in [3.63, 3.8) is 0 Å². The van der Waals surface area contributed by atoms with E-state index in [0.717, 1.165) is 18.4 Å². The molecule has 2 N–H and O–H groups in total. The summed E-state index contributed by atoms with van der Waals surface area (Å²) in [4.78, 5) is 0. The normalized spacial score (nSPS) is 42.4. The molecular formula is C15H24O2. The molecule has 0 unspecified atom stereocenters. The van der Waals surface area contributed by atoms with Gasteiger partial charge >= 0.3 is 0 Å². The molecule has 96 valence electrons. The molecule has 0 saturated heterocycles. The summed E-state index contributed by atoms with van der Waals surface area (Å²) in [6.45, 7) is 10.5. The predicted molar refractivity (Wildman–Crippen MR) is 69.5 cm³/mol. The maximum absolute atomic E-state index is 10.2. The van der Waals surface area contributed by atoms with Gasteiger partial charge in [0.25, 0.3) is 0 Å². The van der Waals surface area contributed by atoms with Gasteiger partial charge in [-0.05, 0) is 43.1 Å². The minimum Gasteiger partial charge on any atom is -0.392 e. The molecule has 2 heteroatoms. The summed E-state index contributed by atoms with van der Waals surface area (Å²) in [5.41, 5.74) is 2.11. The average Bonchev–Trinajstić information content (AvgIpc) is 2.21. The van der Waals surface area contributed by atoms with E-state index in [1.165, 1.54) is 5.57 Å². The van der Waals surface area contributed by atoms with Crippen molar-refractivity contribution in [3.05, 3.63) is 23.8 Å². The first-order valence-electron chi connectivity index (χ1n) is 6.64. The molecule has 0 bridgehead atoms. The zero-order valence-corrected chi connectivity index (χ0v) is 11.1. The van der Waals surface area contributed by atoms with E-state index >= 15 is 0 Å². The van der Waals surface area contributed by atoms with Gasteiger partial charge in [-0.2, -0.15) is 0 Å². The van der Waals surface area contributed by atoms with Crippen LogP contribution < -0.4 is 0 Å². The number of allylic oxidation sites excluding steroid dienone is 1. The van der Waals surface area contributed by atoms with Gasteiger partial charge in [0.2, 0.25) is 0 Å². The summed E-state index contributed by atoms with van der Waals surface area (Å²) in [7, 11) is 0. The highest BCUT2D eigenvalue weighted by Crippen LogP contribution is 2.47. The van der Waals surface area contributed by atoms with Crippen LogP contribution in [0.15, 0.2) is 23.8 Å². The number of fused-ring (bicyclic) bond motifs is 1. The molecule has 2 aliphatic rings. The van der Waals surface area contributed by atoms with Crippen LogP contribution in [0.25, 0.3) is 0 Å². The molecule has 0 amide bonds. The van der Waals surface area contributed by atoms with E-state index in [0.29, 0.717) is 17.8 Å². The van der Waals surface area contributed by atoms with E-state index in [1.54, 1.807) is 0 Å². The molecule has 0 heterocycles. The third-order valence-electron chi connectivity index (χ3n) is 4.54. The van der Waals surface area contributed by atoms with E-state index in [1.807, 2.05) is 0 Å². The van der Waals surface area contributed by atoms with Crippen molar-refractivity contribution in [2.24, 2.45) is 23.7 Å². The Hall–Kier alpha value is -0.600. The van der Waals surface area contributed by atoms with Gasteiger partial charge in [0.05, 0.1) is 12.2 Å². The Balaban J connectivity index is 2.35. The SMILES string of the molecule is C=C1[C@@H]2[C@H](C=C(C)C[C@H]2O)[C@@H](C(C)C)C[C@@H]1O. The number of aliphatic hydroxyl groups excluding tert-OH is 2. The fourth-order valence-corrected chi connectivity index (χ4v) is 3.60. The maximum atomic E-state index is 10.2. The van der Waals surface area contributed by atoms with Crippen LogP contribution in [0.4, 0.5) is 0 Å². The number of rotatable bonds is 1. The first-order chi connectivity index (χ1) is 7.91. The van der Waals surface area contributed by atoms with Crippen molar-refractivity contribution < 1.29 is 10.2 Å². The first kappa shape index (κ1) is 12.8. The van der Waals surface area contributed by atoms with Crippen LogP contribution in [0.2, 0.25) is 0 Å². The third kappa shape index (κ3) is 2.21. The summed E-state index contributed by atoms with van der Waals surface area (Å²) >= 11 is 0. The summed E-state index contributed by atoms with van der Waals surface area (Å²) in [5.74, 6) is 1.38. The van der Waals surface area contributed by atoms with Crippen molar-refractivity contribution in [2.75, 3.05) is 0 Å². The van der Waals surface area contributed by atoms with E-state index in [4.69, 9.17) is 0 Å². The van der Waals surface area contributed by atoms with Crippen LogP contribution in [0.1, 0.15) is 33.6 Å². The van der Waals surface area contributed by atoms with Crippen molar-refractivity contribution >= 4 is 0 Å². The topological polar surface area (TPSA) is 40.5 Å². The Labute approximate surface area is 104 Å². The highest BCUT2D eigenvalue weighted by molar-refractivity contribution is 5.24. The molecule has 0 aliphatic heterocycles. The van der Waals surface area contributed by atoms with E-state index < -0.39 is 6.10 Å². The molecule has 2 rings (SSSR count). The predicted octanol–water partition coefficient (Wildman–Crippen LogP) is 2.52. The quantitative estimate of drug-likeness (QED) is 0.687. The minimum atomic E-state index is -0.440. The molecule has 1 fully saturated rings. The van der Waals surface area contributed by atoms with Crippen LogP contribution in [0.3, 0.4) is 0 Å². The zero-order valence-electron chi connectivity index (χ0n) is 11.1. The Morgan fingerprint density at radius 1 is 1.35 bits per heavy atom. The fraction of sp³-hybridized carbons (Fsp3) is 0.733. The molecule has 0 aromatic carbocycles. The lowest BCUT2D eigenvalue weighted by molar-refractivity contribution is 0.00934. The molecule has 2 aliphatic carbocycles. The highest BCUT2D eigenvalue weighted by atomic mass is 16.3. The summed E-state index contributed by atoms with van der Waals surface area (Å²) in [6.07, 6.45) is 3.00. The van der Waals surface area contributed by atoms with E-state index in [9.17, 15) is 10.2 Å². The van der Waals surface area contributed by atoms with Gasteiger partial charge in [-0.1, -0.05) is 32.1 Å². The molecule has 0 spiro atoms. The highest BCUT2D eigenvalue weighted by Gasteiger charge is 2.44. The minimum absolute atomic E-state index is 0.0508. The molecule has 0 aromatic rings. The third-order valence-corrected chi connectivity index (χ3v) is 4.54. The molecule has 17 heavy (non-hydrogen) atoms. The van der Waals surface area contributed by atoms with Gasteiger partial charge in [-0.25, -0.2) is 0 Å². The molecule has 0 aromatic heterocycles. The van der Waals surface area contributed by atoms with E-state index in [-0.39, 0.29) is 12.0 Å². The summed E-state index contributed by atoms with van der Waals surface area (Å²) < 4.78 is 0. The summed E-state index contributed by atoms with van der Waals surface area (Å²) in [5, 5.41) is 20.3.